The lowest BCUT2D eigenvalue weighted by Crippen LogP contribution is -2.31. The molecule has 0 unspecified atom stereocenters. The molecular weight excluding hydrogens is 396 g/mol. The van der Waals surface area contributed by atoms with Crippen molar-refractivity contribution >= 4 is 23.9 Å². The molecule has 0 atom stereocenters. The Morgan fingerprint density at radius 2 is 0.933 bits per heavy atom. The molecule has 0 aliphatic carbocycles. The fourth-order valence-electron chi connectivity index (χ4n) is 2.25. The van der Waals surface area contributed by atoms with Crippen LogP contribution < -0.4 is 0 Å². The van der Waals surface area contributed by atoms with E-state index in [2.05, 4.69) is 0 Å². The van der Waals surface area contributed by atoms with Crippen LogP contribution in [0.15, 0.2) is 0 Å². The lowest BCUT2D eigenvalue weighted by Gasteiger charge is -2.23. The molecule has 0 amide bonds. The zero-order valence-electron chi connectivity index (χ0n) is 19.8. The second-order valence-corrected chi connectivity index (χ2v) is 8.82. The Kier molecular flexibility index (Phi) is 17.0. The summed E-state index contributed by atoms with van der Waals surface area (Å²) in [5.41, 5.74) is -0.397. The molecule has 3 N–H and O–H groups in total. The summed E-state index contributed by atoms with van der Waals surface area (Å²) in [5.74, 6) is -5.61. The average Bonchev–Trinajstić information content (AvgIpc) is 2.58. The standard InChI is InChI=1S/C12H22O4.C8H14O4.CH4O/c1-6-15-10(13)9(8-12(3,4)5)11(14)16-7-2;1-8(2,3)4-5(6(9)10)7(11)12;1-2/h9H,6-8H2,1-5H3;5H,4H2,1-3H3,(H,9,10)(H,11,12);2H,1H3. The Labute approximate surface area is 179 Å². The molecule has 0 saturated heterocycles. The van der Waals surface area contributed by atoms with Gasteiger partial charge in [-0.3, -0.25) is 19.2 Å². The number of ether oxygens (including phenoxy) is 2. The number of hydrogen-bond acceptors (Lipinski definition) is 7. The maximum Gasteiger partial charge on any atom is 0.320 e. The third-order valence-electron chi connectivity index (χ3n) is 3.37. The van der Waals surface area contributed by atoms with E-state index in [-0.39, 0.29) is 30.5 Å². The van der Waals surface area contributed by atoms with Gasteiger partial charge in [-0.1, -0.05) is 41.5 Å². The van der Waals surface area contributed by atoms with E-state index in [9.17, 15) is 19.2 Å². The molecule has 0 aromatic heterocycles. The van der Waals surface area contributed by atoms with Crippen LogP contribution in [-0.2, 0) is 28.7 Å². The third-order valence-corrected chi connectivity index (χ3v) is 3.37. The van der Waals surface area contributed by atoms with Gasteiger partial charge >= 0.3 is 23.9 Å². The van der Waals surface area contributed by atoms with E-state index in [1.165, 1.54) is 0 Å². The first kappa shape index (κ1) is 32.5. The van der Waals surface area contributed by atoms with Gasteiger partial charge in [-0.2, -0.15) is 0 Å². The van der Waals surface area contributed by atoms with Gasteiger partial charge in [0.15, 0.2) is 11.8 Å². The lowest BCUT2D eigenvalue weighted by molar-refractivity contribution is -0.163. The van der Waals surface area contributed by atoms with Gasteiger partial charge in [0.05, 0.1) is 13.2 Å². The fourth-order valence-corrected chi connectivity index (χ4v) is 2.25. The van der Waals surface area contributed by atoms with E-state index in [1.807, 2.05) is 41.5 Å². The third kappa shape index (κ3) is 17.9. The van der Waals surface area contributed by atoms with Gasteiger partial charge in [0.1, 0.15) is 0 Å². The molecule has 0 radical (unpaired) electrons. The van der Waals surface area contributed by atoms with E-state index in [0.29, 0.717) is 6.42 Å². The Morgan fingerprint density at radius 1 is 0.667 bits per heavy atom. The van der Waals surface area contributed by atoms with Crippen LogP contribution in [0.25, 0.3) is 0 Å². The molecular formula is C21H40O9. The van der Waals surface area contributed by atoms with Gasteiger partial charge in [-0.05, 0) is 37.5 Å². The summed E-state index contributed by atoms with van der Waals surface area (Å²) in [7, 11) is 1.00. The Morgan fingerprint density at radius 3 is 1.10 bits per heavy atom. The van der Waals surface area contributed by atoms with Gasteiger partial charge in [0, 0.05) is 7.11 Å². The van der Waals surface area contributed by atoms with Crippen LogP contribution in [0.5, 0.6) is 0 Å². The first-order valence-electron chi connectivity index (χ1n) is 9.79. The SMILES string of the molecule is CC(C)(C)CC(C(=O)O)C(=O)O.CCOC(=O)C(CC(C)(C)C)C(=O)OCC.CO. The molecule has 0 aromatic carbocycles. The highest BCUT2D eigenvalue weighted by Crippen LogP contribution is 2.26. The van der Waals surface area contributed by atoms with E-state index in [0.717, 1.165) is 7.11 Å². The number of aliphatic hydroxyl groups is 1. The van der Waals surface area contributed by atoms with Gasteiger partial charge in [-0.25, -0.2) is 0 Å². The first-order valence-corrected chi connectivity index (χ1v) is 9.79. The maximum atomic E-state index is 11.6. The van der Waals surface area contributed by atoms with Gasteiger partial charge in [0.25, 0.3) is 0 Å². The Bertz CT molecular complexity index is 496. The number of carboxylic acids is 2. The number of carboxylic acid groups (broad SMARTS) is 2. The highest BCUT2D eigenvalue weighted by atomic mass is 16.6. The molecule has 0 aliphatic heterocycles. The molecule has 0 heterocycles. The van der Waals surface area contributed by atoms with E-state index >= 15 is 0 Å². The molecule has 0 fully saturated rings. The maximum absolute atomic E-state index is 11.6. The second-order valence-electron chi connectivity index (χ2n) is 8.82. The summed E-state index contributed by atoms with van der Waals surface area (Å²) in [6.45, 7) is 15.3. The predicted octanol–water partition coefficient (Wildman–Crippen LogP) is 2.98. The van der Waals surface area contributed by atoms with Crippen LogP contribution in [0.1, 0.15) is 68.2 Å². The molecule has 9 nitrogen and oxygen atoms in total. The monoisotopic (exact) mass is 436 g/mol. The van der Waals surface area contributed by atoms with Crippen molar-refractivity contribution in [3.63, 3.8) is 0 Å². The summed E-state index contributed by atoms with van der Waals surface area (Å²) >= 11 is 0. The Balaban J connectivity index is -0.000000464. The van der Waals surface area contributed by atoms with E-state index in [1.54, 1.807) is 13.8 Å². The molecule has 0 bridgehead atoms. The molecule has 9 heteroatoms. The Hall–Kier alpha value is -2.16. The van der Waals surface area contributed by atoms with Gasteiger partial charge in [-0.15, -0.1) is 0 Å². The van der Waals surface area contributed by atoms with Crippen molar-refractivity contribution in [3.05, 3.63) is 0 Å². The lowest BCUT2D eigenvalue weighted by atomic mass is 9.84. The minimum atomic E-state index is -1.29. The zero-order valence-corrected chi connectivity index (χ0v) is 19.8. The normalized spacial score (nSPS) is 10.9. The molecule has 0 aromatic rings. The predicted molar refractivity (Wildman–Crippen MR) is 112 cm³/mol. The average molecular weight is 437 g/mol. The molecule has 0 aliphatic rings. The molecule has 30 heavy (non-hydrogen) atoms. The van der Waals surface area contributed by atoms with Gasteiger partial charge in [0.2, 0.25) is 0 Å². The summed E-state index contributed by atoms with van der Waals surface area (Å²) < 4.78 is 9.76. The van der Waals surface area contributed by atoms with Crippen molar-refractivity contribution < 1.29 is 44.0 Å². The largest absolute Gasteiger partial charge is 0.481 e. The number of esters is 2. The number of hydrogen-bond donors (Lipinski definition) is 3. The van der Waals surface area contributed by atoms with Crippen molar-refractivity contribution in [1.82, 2.24) is 0 Å². The number of aliphatic hydroxyl groups excluding tert-OH is 1. The quantitative estimate of drug-likeness (QED) is 0.386. The van der Waals surface area contributed by atoms with Crippen molar-refractivity contribution in [2.75, 3.05) is 20.3 Å². The number of carbonyl (C=O) groups is 4. The molecule has 0 rings (SSSR count). The van der Waals surface area contributed by atoms with Crippen molar-refractivity contribution in [3.8, 4) is 0 Å². The molecule has 0 spiro atoms. The van der Waals surface area contributed by atoms with Crippen LogP contribution >= 0.6 is 0 Å². The molecule has 178 valence electrons. The van der Waals surface area contributed by atoms with Crippen LogP contribution in [-0.4, -0.2) is 59.5 Å². The fraction of sp³-hybridized carbons (Fsp3) is 0.810. The number of carbonyl (C=O) groups excluding carboxylic acids is 2. The summed E-state index contributed by atoms with van der Waals surface area (Å²) in [5, 5.41) is 24.1. The van der Waals surface area contributed by atoms with E-state index in [4.69, 9.17) is 24.8 Å². The molecule has 0 saturated carbocycles. The summed E-state index contributed by atoms with van der Waals surface area (Å²) in [6.07, 6.45) is 0.586. The topological polar surface area (TPSA) is 147 Å². The minimum absolute atomic E-state index is 0.121. The highest BCUT2D eigenvalue weighted by Gasteiger charge is 2.33. The smallest absolute Gasteiger partial charge is 0.320 e. The van der Waals surface area contributed by atoms with Crippen molar-refractivity contribution in [1.29, 1.82) is 0 Å². The van der Waals surface area contributed by atoms with Crippen molar-refractivity contribution in [2.45, 2.75) is 68.2 Å². The minimum Gasteiger partial charge on any atom is -0.481 e. The van der Waals surface area contributed by atoms with Crippen LogP contribution in [0.4, 0.5) is 0 Å². The summed E-state index contributed by atoms with van der Waals surface area (Å²) in [6, 6.07) is 0. The first-order chi connectivity index (χ1) is 13.6. The summed E-state index contributed by atoms with van der Waals surface area (Å²) in [4.78, 5) is 44.1. The van der Waals surface area contributed by atoms with Crippen LogP contribution in [0.2, 0.25) is 0 Å². The van der Waals surface area contributed by atoms with Gasteiger partial charge < -0.3 is 24.8 Å². The second kappa shape index (κ2) is 15.6. The zero-order chi connectivity index (χ0) is 24.7. The van der Waals surface area contributed by atoms with Crippen molar-refractivity contribution in [2.24, 2.45) is 22.7 Å². The van der Waals surface area contributed by atoms with E-state index < -0.39 is 35.7 Å². The van der Waals surface area contributed by atoms with Crippen LogP contribution in [0, 0.1) is 22.7 Å². The highest BCUT2D eigenvalue weighted by molar-refractivity contribution is 5.95. The number of rotatable bonds is 8. The number of aliphatic carboxylic acids is 2. The van der Waals surface area contributed by atoms with Crippen LogP contribution in [0.3, 0.4) is 0 Å².